The molecule has 0 bridgehead atoms. The summed E-state index contributed by atoms with van der Waals surface area (Å²) in [6.07, 6.45) is -0.0200. The highest BCUT2D eigenvalue weighted by molar-refractivity contribution is 5.98. The summed E-state index contributed by atoms with van der Waals surface area (Å²) in [6.45, 7) is 4.02. The normalized spacial score (nSPS) is 14.1. The van der Waals surface area contributed by atoms with Crippen LogP contribution in [0.25, 0.3) is 0 Å². The van der Waals surface area contributed by atoms with Gasteiger partial charge in [-0.25, -0.2) is 0 Å². The lowest BCUT2D eigenvalue weighted by molar-refractivity contribution is -0.139. The number of unbranched alkanes of at least 4 members (excludes halogenated alkanes) is 1. The minimum Gasteiger partial charge on any atom is -0.508 e. The Balaban J connectivity index is 2.43. The molecular formula is C38H54N8O11. The number of carboxylic acids is 1. The fraction of sp³-hybridized carbons (Fsp3) is 0.474. The smallest absolute Gasteiger partial charge is 0.305 e. The maximum absolute atomic E-state index is 14.0. The third-order valence-electron chi connectivity index (χ3n) is 8.59. The number of hydrogen-bond acceptors (Lipinski definition) is 12. The van der Waals surface area contributed by atoms with Gasteiger partial charge < -0.3 is 63.9 Å². The number of phenols is 2. The van der Waals surface area contributed by atoms with E-state index in [0.29, 0.717) is 36.9 Å². The van der Waals surface area contributed by atoms with Crippen molar-refractivity contribution in [3.8, 4) is 11.5 Å². The van der Waals surface area contributed by atoms with Crippen molar-refractivity contribution in [2.24, 2.45) is 23.1 Å². The molecule has 0 aliphatic rings. The predicted octanol–water partition coefficient (Wildman–Crippen LogP) is -1.64. The molecule has 2 rings (SSSR count). The van der Waals surface area contributed by atoms with Gasteiger partial charge in [-0.15, -0.1) is 0 Å². The molecule has 6 amide bonds. The summed E-state index contributed by atoms with van der Waals surface area (Å²) in [5.41, 5.74) is 17.9. The first kappa shape index (κ1) is 47.1. The van der Waals surface area contributed by atoms with E-state index in [2.05, 4.69) is 26.6 Å². The maximum Gasteiger partial charge on any atom is 0.305 e. The molecule has 0 unspecified atom stereocenters. The van der Waals surface area contributed by atoms with E-state index in [0.717, 1.165) is 0 Å². The van der Waals surface area contributed by atoms with Crippen LogP contribution in [-0.2, 0) is 51.2 Å². The molecule has 0 aliphatic heterocycles. The van der Waals surface area contributed by atoms with Crippen molar-refractivity contribution in [1.29, 1.82) is 0 Å². The predicted molar refractivity (Wildman–Crippen MR) is 206 cm³/mol. The molecule has 0 aliphatic carbocycles. The number of aldehydes is 1. The van der Waals surface area contributed by atoms with E-state index < -0.39 is 90.5 Å². The summed E-state index contributed by atoms with van der Waals surface area (Å²) in [7, 11) is 0. The summed E-state index contributed by atoms with van der Waals surface area (Å²) in [4.78, 5) is 103. The molecule has 57 heavy (non-hydrogen) atoms. The quantitative estimate of drug-likeness (QED) is 0.0397. The van der Waals surface area contributed by atoms with Crippen LogP contribution in [0.3, 0.4) is 0 Å². The molecule has 0 radical (unpaired) electrons. The highest BCUT2D eigenvalue weighted by Crippen LogP contribution is 2.15. The number of aliphatic carboxylic acids is 1. The molecule has 19 nitrogen and oxygen atoms in total. The zero-order valence-corrected chi connectivity index (χ0v) is 31.9. The van der Waals surface area contributed by atoms with Crippen molar-refractivity contribution in [2.45, 2.75) is 101 Å². The van der Waals surface area contributed by atoms with E-state index in [4.69, 9.17) is 22.3 Å². The molecule has 0 aromatic heterocycles. The fourth-order valence-corrected chi connectivity index (χ4v) is 5.61. The van der Waals surface area contributed by atoms with Gasteiger partial charge in [-0.1, -0.05) is 44.5 Å². The monoisotopic (exact) mass is 798 g/mol. The van der Waals surface area contributed by atoms with E-state index in [1.807, 2.05) is 0 Å². The molecule has 312 valence electrons. The van der Waals surface area contributed by atoms with Crippen LogP contribution in [0, 0.1) is 5.92 Å². The van der Waals surface area contributed by atoms with Crippen LogP contribution in [0.15, 0.2) is 48.5 Å². The van der Waals surface area contributed by atoms with Crippen molar-refractivity contribution in [3.05, 3.63) is 59.7 Å². The Labute approximate surface area is 329 Å². The van der Waals surface area contributed by atoms with Gasteiger partial charge in [0.15, 0.2) is 0 Å². The van der Waals surface area contributed by atoms with E-state index in [1.165, 1.54) is 48.5 Å². The van der Waals surface area contributed by atoms with Crippen molar-refractivity contribution in [3.63, 3.8) is 0 Å². The molecule has 2 aromatic carbocycles. The van der Waals surface area contributed by atoms with Crippen LogP contribution in [0.4, 0.5) is 0 Å². The van der Waals surface area contributed by atoms with E-state index in [1.54, 1.807) is 13.8 Å². The molecule has 14 N–H and O–H groups in total. The molecule has 19 heteroatoms. The fourth-order valence-electron chi connectivity index (χ4n) is 5.61. The van der Waals surface area contributed by atoms with Crippen LogP contribution in [-0.4, -0.2) is 106 Å². The Bertz CT molecular complexity index is 1690. The van der Waals surface area contributed by atoms with Gasteiger partial charge in [-0.2, -0.15) is 0 Å². The van der Waals surface area contributed by atoms with E-state index in [-0.39, 0.29) is 43.0 Å². The topological polar surface area (TPSA) is 335 Å². The number of aromatic hydroxyl groups is 2. The van der Waals surface area contributed by atoms with Gasteiger partial charge in [0.2, 0.25) is 35.4 Å². The summed E-state index contributed by atoms with van der Waals surface area (Å²) < 4.78 is 0. The second-order valence-electron chi connectivity index (χ2n) is 14.0. The van der Waals surface area contributed by atoms with Gasteiger partial charge in [0, 0.05) is 12.8 Å². The van der Waals surface area contributed by atoms with Gasteiger partial charge in [0.1, 0.15) is 42.0 Å². The van der Waals surface area contributed by atoms with Crippen molar-refractivity contribution >= 4 is 47.7 Å². The third kappa shape index (κ3) is 17.5. The van der Waals surface area contributed by atoms with Gasteiger partial charge >= 0.3 is 5.97 Å². The van der Waals surface area contributed by atoms with E-state index >= 15 is 0 Å². The zero-order valence-electron chi connectivity index (χ0n) is 31.9. The number of primary amides is 1. The van der Waals surface area contributed by atoms with Crippen LogP contribution in [0.1, 0.15) is 63.5 Å². The number of carbonyl (C=O) groups is 8. The standard InChI is InChI=1S/C38H54N8O11/c1-21(2)15-28(43-34(53)27(40)5-3-4-14-39)36(55)46-31(19-32(41)50)38(57)45-30(17-23-8-12-26(49)13-9-23)37(56)44-29(16-22-6-10-25(48)11-7-22)35(54)42-24(20-47)18-33(51)52/h6-13,20-21,24,27-31,48-49H,3-5,14-19,39-40H2,1-2H3,(H2,41,50)(H,42,54)(H,43,53)(H,44,56)(H,45,57)(H,46,55)(H,51,52)/t24-,27-,28-,29-,30-,31-/m0/s1. The van der Waals surface area contributed by atoms with Crippen LogP contribution < -0.4 is 43.8 Å². The highest BCUT2D eigenvalue weighted by Gasteiger charge is 2.33. The molecule has 0 fully saturated rings. The van der Waals surface area contributed by atoms with Crippen LogP contribution in [0.2, 0.25) is 0 Å². The Morgan fingerprint density at radius 1 is 0.649 bits per heavy atom. The number of phenolic OH excluding ortho intramolecular Hbond substituents is 2. The number of rotatable bonds is 25. The minimum atomic E-state index is -1.64. The largest absolute Gasteiger partial charge is 0.508 e. The van der Waals surface area contributed by atoms with Crippen molar-refractivity contribution < 1.29 is 53.7 Å². The number of carboxylic acid groups (broad SMARTS) is 1. The number of amides is 6. The number of nitrogens with two attached hydrogens (primary N) is 3. The van der Waals surface area contributed by atoms with Gasteiger partial charge in [0.25, 0.3) is 0 Å². The summed E-state index contributed by atoms with van der Waals surface area (Å²) in [5.74, 6) is -7.02. The Morgan fingerprint density at radius 3 is 1.53 bits per heavy atom. The first-order chi connectivity index (χ1) is 26.9. The minimum absolute atomic E-state index is 0.0830. The molecule has 6 atom stereocenters. The number of carbonyl (C=O) groups excluding carboxylic acids is 7. The van der Waals surface area contributed by atoms with E-state index in [9.17, 15) is 48.6 Å². The Hall–Kier alpha value is -6.08. The molecular weight excluding hydrogens is 744 g/mol. The summed E-state index contributed by atoms with van der Waals surface area (Å²) in [5, 5.41) is 41.1. The lowest BCUT2D eigenvalue weighted by Crippen LogP contribution is -2.60. The number of nitrogens with one attached hydrogen (secondary N) is 5. The molecule has 0 spiro atoms. The van der Waals surface area contributed by atoms with Crippen molar-refractivity contribution in [2.75, 3.05) is 6.54 Å². The first-order valence-electron chi connectivity index (χ1n) is 18.4. The Kier molecular flexibility index (Phi) is 19.6. The summed E-state index contributed by atoms with van der Waals surface area (Å²) in [6, 6.07) is 3.02. The highest BCUT2D eigenvalue weighted by atomic mass is 16.4. The van der Waals surface area contributed by atoms with Gasteiger partial charge in [-0.05, 0) is 67.1 Å². The average molecular weight is 799 g/mol. The van der Waals surface area contributed by atoms with Crippen molar-refractivity contribution in [1.82, 2.24) is 26.6 Å². The van der Waals surface area contributed by atoms with Crippen LogP contribution >= 0.6 is 0 Å². The lowest BCUT2D eigenvalue weighted by Gasteiger charge is -2.27. The maximum atomic E-state index is 14.0. The first-order valence-corrected chi connectivity index (χ1v) is 18.4. The summed E-state index contributed by atoms with van der Waals surface area (Å²) >= 11 is 0. The van der Waals surface area contributed by atoms with Gasteiger partial charge in [-0.3, -0.25) is 33.6 Å². The SMILES string of the molecule is CC(C)C[C@H](NC(=O)[C@@H](N)CCCCN)C(=O)N[C@@H](CC(N)=O)C(=O)N[C@@H](Cc1ccc(O)cc1)C(=O)N[C@@H](Cc1ccc(O)cc1)C(=O)N[C@H](C=O)CC(=O)O. The van der Waals surface area contributed by atoms with Gasteiger partial charge in [0.05, 0.1) is 24.9 Å². The second kappa shape index (κ2) is 23.8. The average Bonchev–Trinajstić information content (AvgIpc) is 3.14. The number of hydrogen-bond donors (Lipinski definition) is 11. The Morgan fingerprint density at radius 2 is 1.09 bits per heavy atom. The second-order valence-corrected chi connectivity index (χ2v) is 14.0. The molecule has 2 aromatic rings. The lowest BCUT2D eigenvalue weighted by atomic mass is 10.0. The molecule has 0 saturated carbocycles. The van der Waals surface area contributed by atoms with Crippen LogP contribution in [0.5, 0.6) is 11.5 Å². The number of benzene rings is 2. The molecule has 0 heterocycles. The third-order valence-corrected chi connectivity index (χ3v) is 8.59. The molecule has 0 saturated heterocycles. The zero-order chi connectivity index (χ0) is 42.7.